The molecule has 0 aliphatic heterocycles. The van der Waals surface area contributed by atoms with Crippen molar-refractivity contribution in [1.82, 2.24) is 5.32 Å². The Morgan fingerprint density at radius 1 is 0.529 bits per heavy atom. The third kappa shape index (κ3) is 51.3. The number of hydrogen-bond acceptors (Lipinski definition) is 6. The number of unbranched alkanes of at least 4 members (excludes halogenated alkanes) is 20. The van der Waals surface area contributed by atoms with Gasteiger partial charge in [0, 0.05) is 6.42 Å². The molecule has 0 fully saturated rings. The van der Waals surface area contributed by atoms with Crippen molar-refractivity contribution in [3.05, 3.63) is 97.2 Å². The van der Waals surface area contributed by atoms with Crippen LogP contribution in [-0.2, 0) is 18.4 Å². The molecular formula is C59H105N2O6P. The first kappa shape index (κ1) is 65.4. The Labute approximate surface area is 419 Å². The number of rotatable bonds is 49. The van der Waals surface area contributed by atoms with Crippen LogP contribution in [0.25, 0.3) is 0 Å². The van der Waals surface area contributed by atoms with Crippen LogP contribution in [0.3, 0.4) is 0 Å². The van der Waals surface area contributed by atoms with Crippen molar-refractivity contribution in [3.63, 3.8) is 0 Å². The number of carbonyl (C=O) groups is 1. The van der Waals surface area contributed by atoms with Crippen LogP contribution in [0.1, 0.15) is 219 Å². The fourth-order valence-electron chi connectivity index (χ4n) is 7.53. The van der Waals surface area contributed by atoms with Crippen molar-refractivity contribution >= 4 is 13.7 Å². The number of phosphoric acid groups is 1. The first-order valence-electron chi connectivity index (χ1n) is 27.6. The van der Waals surface area contributed by atoms with Gasteiger partial charge in [0.2, 0.25) is 5.91 Å². The number of likely N-dealkylation sites (N-methyl/N-ethyl adjacent to an activating group) is 1. The van der Waals surface area contributed by atoms with Crippen LogP contribution in [0.5, 0.6) is 0 Å². The minimum Gasteiger partial charge on any atom is -0.756 e. The summed E-state index contributed by atoms with van der Waals surface area (Å²) in [6, 6.07) is -0.811. The average Bonchev–Trinajstić information content (AvgIpc) is 3.30. The summed E-state index contributed by atoms with van der Waals surface area (Å²) in [6.45, 7) is 4.59. The van der Waals surface area contributed by atoms with E-state index in [-0.39, 0.29) is 19.1 Å². The predicted molar refractivity (Wildman–Crippen MR) is 293 cm³/mol. The van der Waals surface area contributed by atoms with Gasteiger partial charge in [0.25, 0.3) is 7.82 Å². The number of nitrogens with one attached hydrogen (secondary N) is 1. The van der Waals surface area contributed by atoms with Crippen LogP contribution in [0.15, 0.2) is 97.2 Å². The standard InChI is InChI=1S/C59H105N2O6P/c1-6-8-10-12-14-16-18-20-21-22-23-24-25-26-27-28-29-30-31-32-33-34-35-36-37-38-39-41-43-45-47-49-51-53-59(63)60-57(56-67-68(64,65)66-55-54-61(3,4)5)58(62)52-50-48-46-44-42-40-19-17-15-13-11-9-7-2/h8,10,14,16,20-21,23-24,26-27,29-30,32-33,35-36,57-58,62H,6-7,9,11-13,15,17-19,22,25,28,31,34,37-56H2,1-5H3,(H-,60,63,64,65)/b10-8-,16-14-,21-20-,24-23-,27-26-,30-29-,33-32-,36-35-. The van der Waals surface area contributed by atoms with Gasteiger partial charge < -0.3 is 28.8 Å². The Morgan fingerprint density at radius 3 is 1.31 bits per heavy atom. The Kier molecular flexibility index (Phi) is 47.5. The van der Waals surface area contributed by atoms with Crippen molar-refractivity contribution in [2.75, 3.05) is 40.9 Å². The molecule has 0 saturated heterocycles. The van der Waals surface area contributed by atoms with E-state index in [1.807, 2.05) is 21.1 Å². The molecule has 0 aliphatic carbocycles. The molecule has 392 valence electrons. The summed E-state index contributed by atoms with van der Waals surface area (Å²) >= 11 is 0. The van der Waals surface area contributed by atoms with Crippen LogP contribution in [0.2, 0.25) is 0 Å². The maximum absolute atomic E-state index is 12.9. The molecule has 0 aromatic rings. The van der Waals surface area contributed by atoms with E-state index >= 15 is 0 Å². The van der Waals surface area contributed by atoms with E-state index in [4.69, 9.17) is 9.05 Å². The second-order valence-corrected chi connectivity index (χ2v) is 21.0. The highest BCUT2D eigenvalue weighted by Gasteiger charge is 2.24. The van der Waals surface area contributed by atoms with Gasteiger partial charge in [-0.05, 0) is 77.0 Å². The molecule has 0 bridgehead atoms. The minimum absolute atomic E-state index is 0.00586. The third-order valence-electron chi connectivity index (χ3n) is 11.8. The largest absolute Gasteiger partial charge is 0.756 e. The Hall–Kier alpha value is -2.58. The normalized spacial score (nSPS) is 14.8. The highest BCUT2D eigenvalue weighted by molar-refractivity contribution is 7.45. The number of quaternary nitrogens is 1. The first-order valence-corrected chi connectivity index (χ1v) is 29.0. The minimum atomic E-state index is -4.58. The molecule has 1 amide bonds. The smallest absolute Gasteiger partial charge is 0.268 e. The van der Waals surface area contributed by atoms with E-state index in [0.29, 0.717) is 23.9 Å². The van der Waals surface area contributed by atoms with Gasteiger partial charge in [-0.25, -0.2) is 0 Å². The summed E-state index contributed by atoms with van der Waals surface area (Å²) in [6.07, 6.45) is 70.0. The number of allylic oxidation sites excluding steroid dienone is 16. The molecule has 0 saturated carbocycles. The lowest BCUT2D eigenvalue weighted by atomic mass is 10.0. The lowest BCUT2D eigenvalue weighted by Gasteiger charge is -2.30. The first-order chi connectivity index (χ1) is 33.0. The number of nitrogens with zero attached hydrogens (tertiary/aromatic N) is 1. The molecule has 2 N–H and O–H groups in total. The fourth-order valence-corrected chi connectivity index (χ4v) is 8.25. The maximum Gasteiger partial charge on any atom is 0.268 e. The molecule has 0 aromatic carbocycles. The summed E-state index contributed by atoms with van der Waals surface area (Å²) < 4.78 is 23.3. The zero-order chi connectivity index (χ0) is 49.9. The highest BCUT2D eigenvalue weighted by atomic mass is 31.2. The van der Waals surface area contributed by atoms with E-state index in [0.717, 1.165) is 96.3 Å². The second-order valence-electron chi connectivity index (χ2n) is 19.6. The molecule has 3 atom stereocenters. The van der Waals surface area contributed by atoms with Gasteiger partial charge in [0.05, 0.1) is 39.9 Å². The number of carbonyl (C=O) groups excluding carboxylic acids is 1. The van der Waals surface area contributed by atoms with Gasteiger partial charge in [-0.3, -0.25) is 9.36 Å². The van der Waals surface area contributed by atoms with Crippen molar-refractivity contribution in [3.8, 4) is 0 Å². The molecule has 9 heteroatoms. The summed E-state index contributed by atoms with van der Waals surface area (Å²) in [5.74, 6) is -0.178. The zero-order valence-electron chi connectivity index (χ0n) is 44.5. The topological polar surface area (TPSA) is 108 Å². The molecule has 8 nitrogen and oxygen atoms in total. The molecule has 0 radical (unpaired) electrons. The summed E-state index contributed by atoms with van der Waals surface area (Å²) in [4.78, 5) is 25.5. The number of phosphoric ester groups is 1. The molecule has 0 aliphatic rings. The van der Waals surface area contributed by atoms with E-state index in [1.54, 1.807) is 0 Å². The van der Waals surface area contributed by atoms with E-state index in [1.165, 1.54) is 96.3 Å². The summed E-state index contributed by atoms with van der Waals surface area (Å²) in [5.41, 5.74) is 0. The summed E-state index contributed by atoms with van der Waals surface area (Å²) in [7, 11) is 1.29. The Morgan fingerprint density at radius 2 is 0.897 bits per heavy atom. The number of hydrogen-bond donors (Lipinski definition) is 2. The van der Waals surface area contributed by atoms with Gasteiger partial charge in [-0.2, -0.15) is 0 Å². The average molecular weight is 969 g/mol. The van der Waals surface area contributed by atoms with Crippen molar-refractivity contribution in [1.29, 1.82) is 0 Å². The maximum atomic E-state index is 12.9. The monoisotopic (exact) mass is 969 g/mol. The lowest BCUT2D eigenvalue weighted by Crippen LogP contribution is -2.46. The van der Waals surface area contributed by atoms with Gasteiger partial charge >= 0.3 is 0 Å². The molecule has 0 spiro atoms. The lowest BCUT2D eigenvalue weighted by molar-refractivity contribution is -0.870. The van der Waals surface area contributed by atoms with Crippen molar-refractivity contribution in [2.24, 2.45) is 0 Å². The van der Waals surface area contributed by atoms with E-state index in [2.05, 4.69) is 116 Å². The van der Waals surface area contributed by atoms with E-state index in [9.17, 15) is 19.4 Å². The highest BCUT2D eigenvalue weighted by Crippen LogP contribution is 2.38. The van der Waals surface area contributed by atoms with Crippen molar-refractivity contribution in [2.45, 2.75) is 231 Å². The molecule has 0 rings (SSSR count). The van der Waals surface area contributed by atoms with Crippen LogP contribution in [0.4, 0.5) is 0 Å². The predicted octanol–water partition coefficient (Wildman–Crippen LogP) is 16.0. The fraction of sp³-hybridized carbons (Fsp3) is 0.712. The van der Waals surface area contributed by atoms with Crippen LogP contribution >= 0.6 is 7.82 Å². The quantitative estimate of drug-likeness (QED) is 0.0272. The molecule has 68 heavy (non-hydrogen) atoms. The van der Waals surface area contributed by atoms with Crippen LogP contribution in [0, 0.1) is 0 Å². The SMILES string of the molecule is CC/C=C\C/C=C\C/C=C\C/C=C\C/C=C\C/C=C\C/C=C\C/C=C\CCCCCCCCCCC(=O)NC(COP(=O)([O-])OCC[N+](C)(C)C)C(O)CCCCCCCCCCCCCCC. The number of aliphatic hydroxyl groups excluding tert-OH is 1. The second kappa shape index (κ2) is 49.4. The number of aliphatic hydroxyl groups is 1. The van der Waals surface area contributed by atoms with Crippen LogP contribution < -0.4 is 10.2 Å². The molecule has 0 aromatic heterocycles. The summed E-state index contributed by atoms with van der Waals surface area (Å²) in [5, 5.41) is 14.0. The van der Waals surface area contributed by atoms with Gasteiger partial charge in [0.15, 0.2) is 0 Å². The Balaban J connectivity index is 4.16. The van der Waals surface area contributed by atoms with Crippen LogP contribution in [-0.4, -0.2) is 68.5 Å². The van der Waals surface area contributed by atoms with Gasteiger partial charge in [-0.1, -0.05) is 233 Å². The van der Waals surface area contributed by atoms with Crippen molar-refractivity contribution < 1.29 is 32.9 Å². The third-order valence-corrected chi connectivity index (χ3v) is 12.8. The van der Waals surface area contributed by atoms with Gasteiger partial charge in [0.1, 0.15) is 13.2 Å². The molecule has 3 unspecified atom stereocenters. The molecule has 0 heterocycles. The Bertz CT molecular complexity index is 1420. The van der Waals surface area contributed by atoms with Gasteiger partial charge in [-0.15, -0.1) is 0 Å². The van der Waals surface area contributed by atoms with E-state index < -0.39 is 20.0 Å². The molecular weight excluding hydrogens is 864 g/mol. The zero-order valence-corrected chi connectivity index (χ0v) is 45.4. The number of amides is 1.